The Morgan fingerprint density at radius 1 is 1.42 bits per heavy atom. The molecule has 1 fully saturated rings. The van der Waals surface area contributed by atoms with Crippen molar-refractivity contribution < 1.29 is 14.3 Å². The second-order valence-corrected chi connectivity index (χ2v) is 4.10. The van der Waals surface area contributed by atoms with Crippen molar-refractivity contribution in [1.82, 2.24) is 4.90 Å². The highest BCUT2D eigenvalue weighted by Crippen LogP contribution is 2.11. The van der Waals surface area contributed by atoms with Crippen LogP contribution in [0.1, 0.15) is 6.92 Å². The lowest BCUT2D eigenvalue weighted by Gasteiger charge is -2.27. The highest BCUT2D eigenvalue weighted by atomic mass is 16.5. The molecule has 100 valence electrons. The number of hydrogen-bond acceptors (Lipinski definition) is 3. The molecule has 0 aliphatic carbocycles. The lowest BCUT2D eigenvalue weighted by Crippen LogP contribution is -2.40. The van der Waals surface area contributed by atoms with Crippen LogP contribution in [0.4, 0.5) is 5.69 Å². The van der Waals surface area contributed by atoms with E-state index in [1.165, 1.54) is 6.08 Å². The van der Waals surface area contributed by atoms with Crippen molar-refractivity contribution in [3.8, 4) is 0 Å². The van der Waals surface area contributed by atoms with Gasteiger partial charge in [0.05, 0.1) is 12.6 Å². The number of anilines is 1. The predicted octanol–water partition coefficient (Wildman–Crippen LogP) is 1.39. The van der Waals surface area contributed by atoms with Gasteiger partial charge in [0, 0.05) is 12.2 Å². The topological polar surface area (TPSA) is 58.6 Å². The fourth-order valence-corrected chi connectivity index (χ4v) is 1.81. The van der Waals surface area contributed by atoms with Crippen LogP contribution in [0.15, 0.2) is 42.2 Å². The highest BCUT2D eigenvalue weighted by molar-refractivity contribution is 6.05. The second-order valence-electron chi connectivity index (χ2n) is 4.10. The van der Waals surface area contributed by atoms with E-state index in [0.717, 1.165) is 0 Å². The Morgan fingerprint density at radius 3 is 2.84 bits per heavy atom. The van der Waals surface area contributed by atoms with Crippen LogP contribution in [0.3, 0.4) is 0 Å². The molecule has 5 heteroatoms. The van der Waals surface area contributed by atoms with Gasteiger partial charge in [0.2, 0.25) is 0 Å². The molecule has 1 saturated heterocycles. The molecule has 1 aliphatic heterocycles. The summed E-state index contributed by atoms with van der Waals surface area (Å²) in [6, 6.07) is 9.06. The van der Waals surface area contributed by atoms with Gasteiger partial charge in [0.15, 0.2) is 5.76 Å². The minimum Gasteiger partial charge on any atom is -0.486 e. The summed E-state index contributed by atoms with van der Waals surface area (Å²) < 4.78 is 5.24. The molecule has 1 aliphatic rings. The molecule has 1 aromatic carbocycles. The van der Waals surface area contributed by atoms with E-state index in [9.17, 15) is 9.59 Å². The Balaban J connectivity index is 2.04. The van der Waals surface area contributed by atoms with Crippen molar-refractivity contribution in [2.75, 3.05) is 25.0 Å². The number of amides is 2. The number of benzene rings is 1. The lowest BCUT2D eigenvalue weighted by atomic mass is 10.3. The predicted molar refractivity (Wildman–Crippen MR) is 71.4 cm³/mol. The third-order valence-corrected chi connectivity index (χ3v) is 2.80. The van der Waals surface area contributed by atoms with Crippen molar-refractivity contribution in [1.29, 1.82) is 0 Å². The van der Waals surface area contributed by atoms with E-state index in [0.29, 0.717) is 25.4 Å². The summed E-state index contributed by atoms with van der Waals surface area (Å²) in [6.45, 7) is 3.49. The van der Waals surface area contributed by atoms with Crippen LogP contribution >= 0.6 is 0 Å². The van der Waals surface area contributed by atoms with E-state index >= 15 is 0 Å². The molecule has 0 bridgehead atoms. The molecule has 0 atom stereocenters. The Bertz CT molecular complexity index is 497. The maximum absolute atomic E-state index is 11.9. The van der Waals surface area contributed by atoms with Gasteiger partial charge in [-0.15, -0.1) is 0 Å². The standard InChI is InChI=1S/C14H16N2O3/c1-2-16-8-9-19-12(14(16)18)10-13(17)15-11-6-4-3-5-7-11/h3-7,10H,2,8-9H2,1H3,(H,15,17)/b12-10+. The molecule has 0 radical (unpaired) electrons. The molecule has 0 unspecified atom stereocenters. The summed E-state index contributed by atoms with van der Waals surface area (Å²) in [7, 11) is 0. The monoisotopic (exact) mass is 260 g/mol. The van der Waals surface area contributed by atoms with Crippen LogP contribution in [0.2, 0.25) is 0 Å². The van der Waals surface area contributed by atoms with Gasteiger partial charge in [-0.3, -0.25) is 9.59 Å². The molecule has 19 heavy (non-hydrogen) atoms. The van der Waals surface area contributed by atoms with Crippen molar-refractivity contribution in [2.24, 2.45) is 0 Å². The maximum Gasteiger partial charge on any atom is 0.289 e. The summed E-state index contributed by atoms with van der Waals surface area (Å²) in [5.41, 5.74) is 0.681. The Labute approximate surface area is 111 Å². The average Bonchev–Trinajstić information content (AvgIpc) is 2.42. The van der Waals surface area contributed by atoms with E-state index in [2.05, 4.69) is 5.32 Å². The maximum atomic E-state index is 11.9. The SMILES string of the molecule is CCN1CCO/C(=C/C(=O)Nc2ccccc2)C1=O. The number of carbonyl (C=O) groups is 2. The molecular formula is C14H16N2O3. The van der Waals surface area contributed by atoms with E-state index in [1.807, 2.05) is 25.1 Å². The van der Waals surface area contributed by atoms with Crippen molar-refractivity contribution >= 4 is 17.5 Å². The van der Waals surface area contributed by atoms with Gasteiger partial charge >= 0.3 is 0 Å². The average molecular weight is 260 g/mol. The summed E-state index contributed by atoms with van der Waals surface area (Å²) in [5.74, 6) is -0.508. The fourth-order valence-electron chi connectivity index (χ4n) is 1.81. The van der Waals surface area contributed by atoms with Crippen LogP contribution in [0, 0.1) is 0 Å². The number of ether oxygens (including phenoxy) is 1. The lowest BCUT2D eigenvalue weighted by molar-refractivity contribution is -0.135. The van der Waals surface area contributed by atoms with Crippen molar-refractivity contribution in [3.63, 3.8) is 0 Å². The van der Waals surface area contributed by atoms with Crippen molar-refractivity contribution in [2.45, 2.75) is 6.92 Å². The van der Waals surface area contributed by atoms with E-state index < -0.39 is 0 Å². The van der Waals surface area contributed by atoms with Gasteiger partial charge in [-0.25, -0.2) is 0 Å². The molecule has 1 aromatic rings. The van der Waals surface area contributed by atoms with Crippen LogP contribution in [0.25, 0.3) is 0 Å². The largest absolute Gasteiger partial charge is 0.486 e. The zero-order valence-corrected chi connectivity index (χ0v) is 10.8. The molecule has 1 heterocycles. The summed E-state index contributed by atoms with van der Waals surface area (Å²) in [5, 5.41) is 2.68. The fraction of sp³-hybridized carbons (Fsp3) is 0.286. The zero-order chi connectivity index (χ0) is 13.7. The molecule has 1 N–H and O–H groups in total. The number of rotatable bonds is 3. The number of para-hydroxylation sites is 1. The molecule has 0 aromatic heterocycles. The first-order valence-electron chi connectivity index (χ1n) is 6.20. The minimum atomic E-state index is -0.368. The second kappa shape index (κ2) is 6.04. The van der Waals surface area contributed by atoms with Crippen LogP contribution in [-0.2, 0) is 14.3 Å². The van der Waals surface area contributed by atoms with Gasteiger partial charge in [-0.2, -0.15) is 0 Å². The van der Waals surface area contributed by atoms with Gasteiger partial charge in [0.25, 0.3) is 11.8 Å². The number of nitrogens with zero attached hydrogens (tertiary/aromatic N) is 1. The summed E-state index contributed by atoms with van der Waals surface area (Å²) >= 11 is 0. The number of morpholine rings is 1. The van der Waals surface area contributed by atoms with E-state index in [1.54, 1.807) is 17.0 Å². The van der Waals surface area contributed by atoms with Crippen molar-refractivity contribution in [3.05, 3.63) is 42.2 Å². The Hall–Kier alpha value is -2.30. The molecule has 0 saturated carbocycles. The molecule has 2 amide bonds. The molecular weight excluding hydrogens is 244 g/mol. The van der Waals surface area contributed by atoms with Gasteiger partial charge in [0.1, 0.15) is 6.61 Å². The Morgan fingerprint density at radius 2 is 2.16 bits per heavy atom. The summed E-state index contributed by atoms with van der Waals surface area (Å²) in [6.07, 6.45) is 1.21. The number of likely N-dealkylation sites (N-methyl/N-ethyl adjacent to an activating group) is 1. The first-order chi connectivity index (χ1) is 9.20. The minimum absolute atomic E-state index is 0.0986. The first kappa shape index (κ1) is 13.1. The third kappa shape index (κ3) is 3.34. The summed E-state index contributed by atoms with van der Waals surface area (Å²) in [4.78, 5) is 25.3. The highest BCUT2D eigenvalue weighted by Gasteiger charge is 2.24. The zero-order valence-electron chi connectivity index (χ0n) is 10.8. The van der Waals surface area contributed by atoms with Gasteiger partial charge in [-0.1, -0.05) is 18.2 Å². The van der Waals surface area contributed by atoms with Gasteiger partial charge < -0.3 is 15.0 Å². The normalized spacial score (nSPS) is 17.2. The third-order valence-electron chi connectivity index (χ3n) is 2.80. The van der Waals surface area contributed by atoms with Gasteiger partial charge in [-0.05, 0) is 19.1 Å². The van der Waals surface area contributed by atoms with E-state index in [-0.39, 0.29) is 17.6 Å². The first-order valence-corrected chi connectivity index (χ1v) is 6.20. The van der Waals surface area contributed by atoms with E-state index in [4.69, 9.17) is 4.74 Å². The molecule has 0 spiro atoms. The molecule has 5 nitrogen and oxygen atoms in total. The van der Waals surface area contributed by atoms with Crippen LogP contribution in [-0.4, -0.2) is 36.4 Å². The quantitative estimate of drug-likeness (QED) is 0.835. The number of carbonyl (C=O) groups excluding carboxylic acids is 2. The van der Waals surface area contributed by atoms with Crippen LogP contribution < -0.4 is 5.32 Å². The Kier molecular flexibility index (Phi) is 4.18. The smallest absolute Gasteiger partial charge is 0.289 e. The molecule has 2 rings (SSSR count). The number of nitrogens with one attached hydrogen (secondary N) is 1. The van der Waals surface area contributed by atoms with Crippen LogP contribution in [0.5, 0.6) is 0 Å². The number of hydrogen-bond donors (Lipinski definition) is 1.